The van der Waals surface area contributed by atoms with Crippen molar-refractivity contribution in [2.45, 2.75) is 19.8 Å². The smallest absolute Gasteiger partial charge is 0.136 e. The van der Waals surface area contributed by atoms with Crippen molar-refractivity contribution < 1.29 is 4.42 Å². The Morgan fingerprint density at radius 1 is 0.750 bits per heavy atom. The highest BCUT2D eigenvalue weighted by molar-refractivity contribution is 6.13. The Labute approximate surface area is 164 Å². The molecule has 2 nitrogen and oxygen atoms in total. The van der Waals surface area contributed by atoms with E-state index in [-0.39, 0.29) is 0 Å². The van der Waals surface area contributed by atoms with Crippen molar-refractivity contribution in [3.8, 4) is 22.4 Å². The quantitative estimate of drug-likeness (QED) is 0.333. The number of hydrogen-bond donors (Lipinski definition) is 0. The molecule has 0 radical (unpaired) electrons. The van der Waals surface area contributed by atoms with E-state index in [0.29, 0.717) is 5.92 Å². The third kappa shape index (κ3) is 2.78. The van der Waals surface area contributed by atoms with Crippen molar-refractivity contribution in [3.63, 3.8) is 0 Å². The molecule has 3 aromatic carbocycles. The molecule has 5 aromatic rings. The highest BCUT2D eigenvalue weighted by Crippen LogP contribution is 2.38. The lowest BCUT2D eigenvalue weighted by molar-refractivity contribution is 0.669. The molecule has 0 saturated heterocycles. The lowest BCUT2D eigenvalue weighted by Gasteiger charge is -2.08. The average molecular weight is 363 g/mol. The van der Waals surface area contributed by atoms with Crippen LogP contribution in [0.1, 0.15) is 25.3 Å². The first-order chi connectivity index (χ1) is 13.7. The molecule has 0 atom stereocenters. The first-order valence-corrected chi connectivity index (χ1v) is 9.68. The van der Waals surface area contributed by atoms with Gasteiger partial charge in [-0.3, -0.25) is 4.98 Å². The SMILES string of the molecule is CC(C)c1ccnc(-c2cccc3oc4ccc(-c5ccccc5)cc4c23)c1. The van der Waals surface area contributed by atoms with Gasteiger partial charge in [-0.2, -0.15) is 0 Å². The number of pyridine rings is 1. The zero-order valence-electron chi connectivity index (χ0n) is 16.0. The molecule has 2 heteroatoms. The Morgan fingerprint density at radius 2 is 1.61 bits per heavy atom. The normalized spacial score (nSPS) is 11.5. The first-order valence-electron chi connectivity index (χ1n) is 9.68. The number of fused-ring (bicyclic) bond motifs is 3. The van der Waals surface area contributed by atoms with Crippen LogP contribution in [0.3, 0.4) is 0 Å². The predicted octanol–water partition coefficient (Wildman–Crippen LogP) is 7.44. The number of benzene rings is 3. The summed E-state index contributed by atoms with van der Waals surface area (Å²) in [6.45, 7) is 4.41. The topological polar surface area (TPSA) is 26.0 Å². The van der Waals surface area contributed by atoms with Crippen molar-refractivity contribution >= 4 is 21.9 Å². The molecular formula is C26H21NO. The van der Waals surface area contributed by atoms with E-state index >= 15 is 0 Å². The molecule has 28 heavy (non-hydrogen) atoms. The lowest BCUT2D eigenvalue weighted by atomic mass is 9.97. The summed E-state index contributed by atoms with van der Waals surface area (Å²) in [4.78, 5) is 4.67. The largest absolute Gasteiger partial charge is 0.456 e. The summed E-state index contributed by atoms with van der Waals surface area (Å²) in [5, 5.41) is 2.26. The van der Waals surface area contributed by atoms with E-state index in [1.165, 1.54) is 16.7 Å². The van der Waals surface area contributed by atoms with Gasteiger partial charge in [0.2, 0.25) is 0 Å². The van der Waals surface area contributed by atoms with Crippen LogP contribution in [-0.2, 0) is 0 Å². The molecule has 136 valence electrons. The molecule has 5 rings (SSSR count). The minimum atomic E-state index is 0.465. The van der Waals surface area contributed by atoms with E-state index in [0.717, 1.165) is 33.2 Å². The minimum Gasteiger partial charge on any atom is -0.456 e. The summed E-state index contributed by atoms with van der Waals surface area (Å²) < 4.78 is 6.16. The van der Waals surface area contributed by atoms with Crippen LogP contribution < -0.4 is 0 Å². The molecule has 0 aliphatic rings. The summed E-state index contributed by atoms with van der Waals surface area (Å²) in [6.07, 6.45) is 1.90. The highest BCUT2D eigenvalue weighted by atomic mass is 16.3. The van der Waals surface area contributed by atoms with E-state index in [2.05, 4.69) is 79.5 Å². The molecule has 0 unspecified atom stereocenters. The van der Waals surface area contributed by atoms with Gasteiger partial charge in [0.15, 0.2) is 0 Å². The van der Waals surface area contributed by atoms with Crippen molar-refractivity contribution in [2.75, 3.05) is 0 Å². The Balaban J connectivity index is 1.78. The van der Waals surface area contributed by atoms with Gasteiger partial charge in [-0.05, 0) is 52.9 Å². The van der Waals surface area contributed by atoms with E-state index < -0.39 is 0 Å². The van der Waals surface area contributed by atoms with E-state index in [4.69, 9.17) is 4.42 Å². The third-order valence-corrected chi connectivity index (χ3v) is 5.33. The number of nitrogens with zero attached hydrogens (tertiary/aromatic N) is 1. The van der Waals surface area contributed by atoms with E-state index in [1.807, 2.05) is 24.4 Å². The first kappa shape index (κ1) is 16.8. The molecule has 0 N–H and O–H groups in total. The fourth-order valence-electron chi connectivity index (χ4n) is 3.80. The van der Waals surface area contributed by atoms with Crippen LogP contribution in [0.25, 0.3) is 44.3 Å². The van der Waals surface area contributed by atoms with Gasteiger partial charge in [0.25, 0.3) is 0 Å². The van der Waals surface area contributed by atoms with E-state index in [1.54, 1.807) is 0 Å². The van der Waals surface area contributed by atoms with Gasteiger partial charge >= 0.3 is 0 Å². The Hall–Kier alpha value is -3.39. The van der Waals surface area contributed by atoms with Gasteiger partial charge in [0.05, 0.1) is 5.69 Å². The van der Waals surface area contributed by atoms with Gasteiger partial charge < -0.3 is 4.42 Å². The zero-order valence-corrected chi connectivity index (χ0v) is 16.0. The molecule has 2 aromatic heterocycles. The van der Waals surface area contributed by atoms with Crippen molar-refractivity contribution in [1.29, 1.82) is 0 Å². The second-order valence-corrected chi connectivity index (χ2v) is 7.49. The zero-order chi connectivity index (χ0) is 19.1. The molecule has 0 saturated carbocycles. The molecule has 0 bridgehead atoms. The fourth-order valence-corrected chi connectivity index (χ4v) is 3.80. The summed E-state index contributed by atoms with van der Waals surface area (Å²) >= 11 is 0. The van der Waals surface area contributed by atoms with Crippen molar-refractivity contribution in [3.05, 3.63) is 90.6 Å². The average Bonchev–Trinajstić information content (AvgIpc) is 3.12. The van der Waals surface area contributed by atoms with Gasteiger partial charge in [-0.15, -0.1) is 0 Å². The summed E-state index contributed by atoms with van der Waals surface area (Å²) in [5.74, 6) is 0.465. The maximum absolute atomic E-state index is 6.16. The van der Waals surface area contributed by atoms with Gasteiger partial charge in [-0.25, -0.2) is 0 Å². The van der Waals surface area contributed by atoms with Crippen LogP contribution in [0.2, 0.25) is 0 Å². The summed E-state index contributed by atoms with van der Waals surface area (Å²) in [5.41, 5.74) is 7.59. The van der Waals surface area contributed by atoms with Crippen LogP contribution in [0.5, 0.6) is 0 Å². The molecule has 0 aliphatic carbocycles. The standard InChI is InChI=1S/C26H21NO/c1-17(2)19-13-14-27-23(16-19)21-9-6-10-25-26(21)22-15-20(11-12-24(22)28-25)18-7-4-3-5-8-18/h3-17H,1-2H3. The number of furan rings is 1. The number of rotatable bonds is 3. The number of hydrogen-bond acceptors (Lipinski definition) is 2. The Bertz CT molecular complexity index is 1280. The summed E-state index contributed by atoms with van der Waals surface area (Å²) in [7, 11) is 0. The molecule has 0 aliphatic heterocycles. The molecular weight excluding hydrogens is 342 g/mol. The molecule has 0 fully saturated rings. The lowest BCUT2D eigenvalue weighted by Crippen LogP contribution is -1.91. The van der Waals surface area contributed by atoms with Crippen molar-refractivity contribution in [2.24, 2.45) is 0 Å². The fraction of sp³-hybridized carbons (Fsp3) is 0.115. The van der Waals surface area contributed by atoms with Gasteiger partial charge in [-0.1, -0.05) is 62.4 Å². The monoisotopic (exact) mass is 363 g/mol. The molecule has 0 amide bonds. The van der Waals surface area contributed by atoms with Crippen LogP contribution in [0, 0.1) is 0 Å². The maximum Gasteiger partial charge on any atom is 0.136 e. The van der Waals surface area contributed by atoms with Crippen LogP contribution in [-0.4, -0.2) is 4.98 Å². The second-order valence-electron chi connectivity index (χ2n) is 7.49. The van der Waals surface area contributed by atoms with Crippen LogP contribution >= 0.6 is 0 Å². The van der Waals surface area contributed by atoms with Crippen molar-refractivity contribution in [1.82, 2.24) is 4.98 Å². The maximum atomic E-state index is 6.16. The Morgan fingerprint density at radius 3 is 2.43 bits per heavy atom. The van der Waals surface area contributed by atoms with E-state index in [9.17, 15) is 0 Å². The molecule has 2 heterocycles. The highest BCUT2D eigenvalue weighted by Gasteiger charge is 2.14. The predicted molar refractivity (Wildman–Crippen MR) is 116 cm³/mol. The number of aromatic nitrogens is 1. The third-order valence-electron chi connectivity index (χ3n) is 5.33. The molecule has 0 spiro atoms. The second kappa shape index (κ2) is 6.65. The van der Waals surface area contributed by atoms with Gasteiger partial charge in [0.1, 0.15) is 11.2 Å². The van der Waals surface area contributed by atoms with Gasteiger partial charge in [0, 0.05) is 22.5 Å². The minimum absolute atomic E-state index is 0.465. The van der Waals surface area contributed by atoms with Crippen LogP contribution in [0.4, 0.5) is 0 Å². The summed E-state index contributed by atoms with van der Waals surface area (Å²) in [6, 6.07) is 27.4. The van der Waals surface area contributed by atoms with Crippen LogP contribution in [0.15, 0.2) is 89.5 Å². The Kier molecular flexibility index (Phi) is 3.98.